The van der Waals surface area contributed by atoms with Crippen LogP contribution in [0, 0.1) is 10.1 Å². The normalized spacial score (nSPS) is 10.4. The molecule has 0 fully saturated rings. The average Bonchev–Trinajstić information content (AvgIpc) is 3.14. The maximum Gasteiger partial charge on any atom is 0.433 e. The molecular formula is C17H16N2O8. The summed E-state index contributed by atoms with van der Waals surface area (Å²) in [6, 6.07) is 7.29. The third-order valence-corrected chi connectivity index (χ3v) is 3.20. The van der Waals surface area contributed by atoms with E-state index in [2.05, 4.69) is 5.32 Å². The number of carbonyl (C=O) groups excluding carboxylic acids is 2. The second-order valence-corrected chi connectivity index (χ2v) is 4.99. The molecule has 1 aromatic carbocycles. The summed E-state index contributed by atoms with van der Waals surface area (Å²) >= 11 is 0. The van der Waals surface area contributed by atoms with Crippen molar-refractivity contribution in [1.29, 1.82) is 0 Å². The Balaban J connectivity index is 1.86. The third kappa shape index (κ3) is 5.59. The Hall–Kier alpha value is -3.82. The molecule has 0 bridgehead atoms. The van der Waals surface area contributed by atoms with Crippen molar-refractivity contribution in [2.24, 2.45) is 0 Å². The summed E-state index contributed by atoms with van der Waals surface area (Å²) in [4.78, 5) is 33.3. The van der Waals surface area contributed by atoms with Gasteiger partial charge in [-0.3, -0.25) is 14.9 Å². The summed E-state index contributed by atoms with van der Waals surface area (Å²) in [5, 5.41) is 13.0. The van der Waals surface area contributed by atoms with Crippen molar-refractivity contribution in [3.63, 3.8) is 0 Å². The van der Waals surface area contributed by atoms with E-state index in [1.54, 1.807) is 18.2 Å². The molecule has 0 atom stereocenters. The van der Waals surface area contributed by atoms with E-state index in [4.69, 9.17) is 18.6 Å². The average molecular weight is 376 g/mol. The topological polar surface area (TPSA) is 130 Å². The number of hydrogen-bond acceptors (Lipinski definition) is 8. The van der Waals surface area contributed by atoms with Gasteiger partial charge >= 0.3 is 11.9 Å². The lowest BCUT2D eigenvalue weighted by molar-refractivity contribution is -0.402. The van der Waals surface area contributed by atoms with Crippen molar-refractivity contribution in [1.82, 2.24) is 0 Å². The summed E-state index contributed by atoms with van der Waals surface area (Å²) in [6.07, 6.45) is 2.18. The molecular weight excluding hydrogens is 360 g/mol. The van der Waals surface area contributed by atoms with E-state index in [-0.39, 0.29) is 5.76 Å². The molecule has 1 aromatic heterocycles. The number of benzene rings is 1. The molecule has 0 saturated heterocycles. The summed E-state index contributed by atoms with van der Waals surface area (Å²) < 4.78 is 19.8. The van der Waals surface area contributed by atoms with Gasteiger partial charge in [0.05, 0.1) is 26.0 Å². The van der Waals surface area contributed by atoms with Crippen LogP contribution in [0.3, 0.4) is 0 Å². The number of rotatable bonds is 8. The molecule has 0 radical (unpaired) electrons. The summed E-state index contributed by atoms with van der Waals surface area (Å²) in [7, 11) is 2.94. The number of anilines is 1. The van der Waals surface area contributed by atoms with E-state index in [0.717, 1.165) is 12.1 Å². The van der Waals surface area contributed by atoms with Crippen LogP contribution >= 0.6 is 0 Å². The smallest absolute Gasteiger partial charge is 0.433 e. The van der Waals surface area contributed by atoms with Gasteiger partial charge in [0, 0.05) is 12.1 Å². The van der Waals surface area contributed by atoms with Crippen LogP contribution in [-0.2, 0) is 14.3 Å². The van der Waals surface area contributed by atoms with Gasteiger partial charge in [-0.15, -0.1) is 0 Å². The molecule has 2 rings (SSSR count). The number of amides is 1. The van der Waals surface area contributed by atoms with Gasteiger partial charge in [0.25, 0.3) is 5.91 Å². The Morgan fingerprint density at radius 3 is 2.63 bits per heavy atom. The van der Waals surface area contributed by atoms with E-state index in [9.17, 15) is 19.7 Å². The van der Waals surface area contributed by atoms with Gasteiger partial charge in [-0.2, -0.15) is 0 Å². The number of carbonyl (C=O) groups is 2. The Morgan fingerprint density at radius 1 is 1.22 bits per heavy atom. The monoisotopic (exact) mass is 376 g/mol. The summed E-state index contributed by atoms with van der Waals surface area (Å²) in [5.41, 5.74) is 0.387. The van der Waals surface area contributed by atoms with Gasteiger partial charge in [0.15, 0.2) is 6.61 Å². The van der Waals surface area contributed by atoms with Gasteiger partial charge < -0.3 is 23.9 Å². The standard InChI is InChI=1S/C17H16N2O8/c1-24-12-3-6-13(14(9-12)25-2)18-15(20)10-26-17(21)8-5-11-4-7-16(27-11)19(22)23/h3-9H,10H2,1-2H3,(H,18,20)/b8-5+. The molecule has 0 aliphatic heterocycles. The highest BCUT2D eigenvalue weighted by atomic mass is 16.6. The van der Waals surface area contributed by atoms with Crippen molar-refractivity contribution in [2.75, 3.05) is 26.1 Å². The Bertz CT molecular complexity index is 872. The first kappa shape index (κ1) is 19.5. The molecule has 2 aromatic rings. The predicted octanol–water partition coefficient (Wildman–Crippen LogP) is 2.40. The minimum Gasteiger partial charge on any atom is -0.497 e. The van der Waals surface area contributed by atoms with E-state index in [1.165, 1.54) is 26.4 Å². The first-order valence-corrected chi connectivity index (χ1v) is 7.54. The van der Waals surface area contributed by atoms with Crippen LogP contribution in [0.2, 0.25) is 0 Å². The lowest BCUT2D eigenvalue weighted by Gasteiger charge is -2.11. The zero-order valence-corrected chi connectivity index (χ0v) is 14.5. The number of hydrogen-bond donors (Lipinski definition) is 1. The quantitative estimate of drug-likeness (QED) is 0.322. The number of ether oxygens (including phenoxy) is 3. The molecule has 1 N–H and O–H groups in total. The number of methoxy groups -OCH3 is 2. The SMILES string of the molecule is COc1ccc(NC(=O)COC(=O)/C=C/c2ccc([N+](=O)[O-])o2)c(OC)c1. The minimum atomic E-state index is -0.814. The number of furan rings is 1. The molecule has 0 spiro atoms. The molecule has 1 heterocycles. The maximum absolute atomic E-state index is 11.9. The third-order valence-electron chi connectivity index (χ3n) is 3.20. The predicted molar refractivity (Wildman–Crippen MR) is 93.5 cm³/mol. The minimum absolute atomic E-state index is 0.103. The second kappa shape index (κ2) is 9.04. The molecule has 0 saturated carbocycles. The van der Waals surface area contributed by atoms with E-state index >= 15 is 0 Å². The molecule has 142 valence electrons. The fourth-order valence-electron chi connectivity index (χ4n) is 1.95. The van der Waals surface area contributed by atoms with Gasteiger partial charge in [-0.1, -0.05) is 0 Å². The van der Waals surface area contributed by atoms with Crippen molar-refractivity contribution >= 4 is 29.5 Å². The first-order chi connectivity index (χ1) is 12.9. The van der Waals surface area contributed by atoms with Crippen LogP contribution in [0.15, 0.2) is 40.8 Å². The molecule has 0 aliphatic carbocycles. The second-order valence-electron chi connectivity index (χ2n) is 4.99. The maximum atomic E-state index is 11.9. The molecule has 1 amide bonds. The van der Waals surface area contributed by atoms with Gasteiger partial charge in [0.2, 0.25) is 0 Å². The summed E-state index contributed by atoms with van der Waals surface area (Å²) in [6.45, 7) is -0.531. The van der Waals surface area contributed by atoms with E-state index in [1.807, 2.05) is 0 Å². The van der Waals surface area contributed by atoms with E-state index in [0.29, 0.717) is 17.2 Å². The summed E-state index contributed by atoms with van der Waals surface area (Å²) in [5.74, 6) is -0.797. The highest BCUT2D eigenvalue weighted by Gasteiger charge is 2.12. The van der Waals surface area contributed by atoms with Crippen molar-refractivity contribution in [2.45, 2.75) is 0 Å². The highest BCUT2D eigenvalue weighted by Crippen LogP contribution is 2.28. The number of nitrogens with one attached hydrogen (secondary N) is 1. The highest BCUT2D eigenvalue weighted by molar-refractivity contribution is 5.95. The fraction of sp³-hybridized carbons (Fsp3) is 0.176. The van der Waals surface area contributed by atoms with Crippen molar-refractivity contribution in [3.05, 3.63) is 52.3 Å². The van der Waals surface area contributed by atoms with Gasteiger partial charge in [0.1, 0.15) is 22.2 Å². The van der Waals surface area contributed by atoms with Gasteiger partial charge in [-0.25, -0.2) is 4.79 Å². The largest absolute Gasteiger partial charge is 0.497 e. The van der Waals surface area contributed by atoms with Crippen molar-refractivity contribution < 1.29 is 33.1 Å². The van der Waals surface area contributed by atoms with Crippen molar-refractivity contribution in [3.8, 4) is 11.5 Å². The Morgan fingerprint density at radius 2 is 2.00 bits per heavy atom. The van der Waals surface area contributed by atoms with Crippen LogP contribution in [0.1, 0.15) is 5.76 Å². The fourth-order valence-corrected chi connectivity index (χ4v) is 1.95. The molecule has 0 aliphatic rings. The van der Waals surface area contributed by atoms with Crippen LogP contribution in [-0.4, -0.2) is 37.6 Å². The first-order valence-electron chi connectivity index (χ1n) is 7.54. The zero-order valence-electron chi connectivity index (χ0n) is 14.5. The Labute approximate surface area is 153 Å². The number of esters is 1. The molecule has 0 unspecified atom stereocenters. The van der Waals surface area contributed by atoms with Crippen LogP contribution < -0.4 is 14.8 Å². The number of nitrogens with zero attached hydrogens (tertiary/aromatic N) is 1. The zero-order chi connectivity index (χ0) is 19.8. The van der Waals surface area contributed by atoms with Gasteiger partial charge in [-0.05, 0) is 24.3 Å². The van der Waals surface area contributed by atoms with Crippen LogP contribution in [0.4, 0.5) is 11.6 Å². The lowest BCUT2D eigenvalue weighted by atomic mass is 10.2. The van der Waals surface area contributed by atoms with Crippen LogP contribution in [0.25, 0.3) is 6.08 Å². The lowest BCUT2D eigenvalue weighted by Crippen LogP contribution is -2.20. The number of nitro groups is 1. The van der Waals surface area contributed by atoms with Crippen LogP contribution in [0.5, 0.6) is 11.5 Å². The molecule has 27 heavy (non-hydrogen) atoms. The van der Waals surface area contributed by atoms with E-state index < -0.39 is 29.3 Å². The molecule has 10 nitrogen and oxygen atoms in total. The molecule has 10 heteroatoms. The Kier molecular flexibility index (Phi) is 6.53.